The first-order valence-electron chi connectivity index (χ1n) is 8.40. The van der Waals surface area contributed by atoms with Crippen molar-refractivity contribution < 1.29 is 9.53 Å². The molecule has 0 saturated heterocycles. The second-order valence-electron chi connectivity index (χ2n) is 5.76. The fourth-order valence-corrected chi connectivity index (χ4v) is 2.78. The van der Waals surface area contributed by atoms with Crippen molar-refractivity contribution in [2.45, 2.75) is 6.42 Å². The highest BCUT2D eigenvalue weighted by atomic mass is 35.5. The van der Waals surface area contributed by atoms with Gasteiger partial charge in [-0.05, 0) is 36.2 Å². The number of ether oxygens (including phenoxy) is 1. The summed E-state index contributed by atoms with van der Waals surface area (Å²) in [6.07, 6.45) is 2.28. The van der Waals surface area contributed by atoms with Crippen molar-refractivity contribution in [3.63, 3.8) is 0 Å². The van der Waals surface area contributed by atoms with Crippen LogP contribution in [0.5, 0.6) is 0 Å². The lowest BCUT2D eigenvalue weighted by molar-refractivity contribution is 0.0602. The van der Waals surface area contributed by atoms with Crippen molar-refractivity contribution >= 4 is 34.9 Å². The Kier molecular flexibility index (Phi) is 6.22. The fourth-order valence-electron chi connectivity index (χ4n) is 2.57. The lowest BCUT2D eigenvalue weighted by atomic mass is 10.1. The number of aromatic nitrogens is 2. The first-order valence-corrected chi connectivity index (χ1v) is 8.78. The number of methoxy groups -OCH3 is 1. The van der Waals surface area contributed by atoms with Gasteiger partial charge in [-0.1, -0.05) is 35.9 Å². The summed E-state index contributed by atoms with van der Waals surface area (Å²) in [5, 5.41) is 7.12. The molecule has 0 fully saturated rings. The molecule has 3 rings (SSSR count). The zero-order valence-corrected chi connectivity index (χ0v) is 15.5. The molecule has 2 N–H and O–H groups in total. The van der Waals surface area contributed by atoms with Gasteiger partial charge in [0.1, 0.15) is 18.0 Å². The third kappa shape index (κ3) is 5.18. The average Bonchev–Trinajstić information content (AvgIpc) is 2.68. The molecule has 7 heteroatoms. The number of carbonyl (C=O) groups is 1. The number of rotatable bonds is 7. The molecule has 0 bridgehead atoms. The maximum absolute atomic E-state index is 11.9. The second-order valence-corrected chi connectivity index (χ2v) is 6.19. The van der Waals surface area contributed by atoms with Gasteiger partial charge in [0.05, 0.1) is 18.4 Å². The number of nitrogens with one attached hydrogen (secondary N) is 2. The zero-order chi connectivity index (χ0) is 19.1. The van der Waals surface area contributed by atoms with Crippen LogP contribution in [-0.4, -0.2) is 29.6 Å². The van der Waals surface area contributed by atoms with E-state index in [4.69, 9.17) is 16.3 Å². The van der Waals surface area contributed by atoms with E-state index in [1.54, 1.807) is 24.3 Å². The van der Waals surface area contributed by atoms with Crippen LogP contribution in [0.15, 0.2) is 60.9 Å². The molecule has 1 heterocycles. The fraction of sp³-hybridized carbons (Fsp3) is 0.150. The summed E-state index contributed by atoms with van der Waals surface area (Å²) in [5.41, 5.74) is 2.21. The Morgan fingerprint density at radius 2 is 1.89 bits per heavy atom. The van der Waals surface area contributed by atoms with E-state index in [-0.39, 0.29) is 0 Å². The molecule has 0 aliphatic heterocycles. The van der Waals surface area contributed by atoms with Crippen LogP contribution in [-0.2, 0) is 11.2 Å². The first-order chi connectivity index (χ1) is 13.2. The summed E-state index contributed by atoms with van der Waals surface area (Å²) < 4.78 is 4.81. The molecule has 0 amide bonds. The van der Waals surface area contributed by atoms with Crippen LogP contribution < -0.4 is 10.6 Å². The van der Waals surface area contributed by atoms with E-state index in [1.165, 1.54) is 13.4 Å². The van der Waals surface area contributed by atoms with E-state index in [9.17, 15) is 4.79 Å². The summed E-state index contributed by atoms with van der Waals surface area (Å²) in [6, 6.07) is 16.6. The van der Waals surface area contributed by atoms with E-state index in [0.29, 0.717) is 29.4 Å². The zero-order valence-electron chi connectivity index (χ0n) is 14.8. The molecule has 27 heavy (non-hydrogen) atoms. The van der Waals surface area contributed by atoms with Gasteiger partial charge in [0.2, 0.25) is 0 Å². The van der Waals surface area contributed by atoms with Crippen LogP contribution in [0.4, 0.5) is 17.3 Å². The molecule has 3 aromatic rings. The Hall–Kier alpha value is -3.12. The Bertz CT molecular complexity index is 933. The molecular weight excluding hydrogens is 364 g/mol. The highest BCUT2D eigenvalue weighted by Crippen LogP contribution is 2.21. The minimum atomic E-state index is -0.410. The van der Waals surface area contributed by atoms with Crippen molar-refractivity contribution in [3.05, 3.63) is 77.1 Å². The van der Waals surface area contributed by atoms with Gasteiger partial charge in [-0.2, -0.15) is 0 Å². The normalized spacial score (nSPS) is 10.3. The maximum Gasteiger partial charge on any atom is 0.339 e. The van der Waals surface area contributed by atoms with Crippen LogP contribution in [0.2, 0.25) is 5.02 Å². The lowest BCUT2D eigenvalue weighted by Gasteiger charge is -2.11. The van der Waals surface area contributed by atoms with Crippen molar-refractivity contribution in [2.24, 2.45) is 0 Å². The van der Waals surface area contributed by atoms with Gasteiger partial charge in [0.25, 0.3) is 0 Å². The quantitative estimate of drug-likeness (QED) is 0.593. The van der Waals surface area contributed by atoms with E-state index in [2.05, 4.69) is 20.6 Å². The standard InChI is InChI=1S/C20H19ClN4O2/c1-27-20(26)16-7-2-3-8-17(16)25-19-12-18(23-13-24-19)22-10-9-14-5-4-6-15(21)11-14/h2-8,11-13H,9-10H2,1H3,(H2,22,23,24,25). The summed E-state index contributed by atoms with van der Waals surface area (Å²) in [7, 11) is 1.35. The smallest absolute Gasteiger partial charge is 0.339 e. The van der Waals surface area contributed by atoms with Gasteiger partial charge >= 0.3 is 5.97 Å². The predicted octanol–water partition coefficient (Wildman–Crippen LogP) is 4.31. The van der Waals surface area contributed by atoms with Gasteiger partial charge in [0.15, 0.2) is 0 Å². The number of carbonyl (C=O) groups excluding carboxylic acids is 1. The van der Waals surface area contributed by atoms with E-state index in [0.717, 1.165) is 17.0 Å². The van der Waals surface area contributed by atoms with Gasteiger partial charge in [0, 0.05) is 17.6 Å². The van der Waals surface area contributed by atoms with E-state index < -0.39 is 5.97 Å². The number of anilines is 3. The molecule has 0 aliphatic rings. The minimum absolute atomic E-state index is 0.410. The number of benzene rings is 2. The van der Waals surface area contributed by atoms with Gasteiger partial charge in [-0.3, -0.25) is 0 Å². The average molecular weight is 383 g/mol. The Labute approximate surface area is 162 Å². The highest BCUT2D eigenvalue weighted by Gasteiger charge is 2.11. The Morgan fingerprint density at radius 1 is 1.07 bits per heavy atom. The number of nitrogens with zero attached hydrogens (tertiary/aromatic N) is 2. The van der Waals surface area contributed by atoms with Crippen molar-refractivity contribution in [1.29, 1.82) is 0 Å². The van der Waals surface area contributed by atoms with Gasteiger partial charge in [-0.25, -0.2) is 14.8 Å². The first kappa shape index (κ1) is 18.7. The Morgan fingerprint density at radius 3 is 2.70 bits per heavy atom. The monoisotopic (exact) mass is 382 g/mol. The minimum Gasteiger partial charge on any atom is -0.465 e. The van der Waals surface area contributed by atoms with Gasteiger partial charge < -0.3 is 15.4 Å². The second kappa shape index (κ2) is 9.00. The number of para-hydroxylation sites is 1. The van der Waals surface area contributed by atoms with E-state index in [1.807, 2.05) is 30.3 Å². The third-order valence-corrected chi connectivity index (χ3v) is 4.11. The predicted molar refractivity (Wildman–Crippen MR) is 107 cm³/mol. The number of hydrogen-bond acceptors (Lipinski definition) is 6. The topological polar surface area (TPSA) is 76.1 Å². The lowest BCUT2D eigenvalue weighted by Crippen LogP contribution is -2.08. The van der Waals surface area contributed by atoms with Crippen molar-refractivity contribution in [2.75, 3.05) is 24.3 Å². The summed E-state index contributed by atoms with van der Waals surface area (Å²) in [6.45, 7) is 0.704. The molecule has 0 unspecified atom stereocenters. The molecule has 6 nitrogen and oxygen atoms in total. The van der Waals surface area contributed by atoms with Crippen LogP contribution in [0.3, 0.4) is 0 Å². The van der Waals surface area contributed by atoms with Crippen LogP contribution in [0.1, 0.15) is 15.9 Å². The molecule has 0 radical (unpaired) electrons. The van der Waals surface area contributed by atoms with Crippen LogP contribution >= 0.6 is 11.6 Å². The largest absolute Gasteiger partial charge is 0.465 e. The van der Waals surface area contributed by atoms with E-state index >= 15 is 0 Å². The highest BCUT2D eigenvalue weighted by molar-refractivity contribution is 6.30. The molecule has 1 aromatic heterocycles. The van der Waals surface area contributed by atoms with Crippen LogP contribution in [0.25, 0.3) is 0 Å². The summed E-state index contributed by atoms with van der Waals surface area (Å²) in [5.74, 6) is 0.851. The number of esters is 1. The molecule has 0 aliphatic carbocycles. The molecule has 138 valence electrons. The summed E-state index contributed by atoms with van der Waals surface area (Å²) >= 11 is 6.00. The SMILES string of the molecule is COC(=O)c1ccccc1Nc1cc(NCCc2cccc(Cl)c2)ncn1. The van der Waals surface area contributed by atoms with Crippen molar-refractivity contribution in [3.8, 4) is 0 Å². The molecule has 2 aromatic carbocycles. The summed E-state index contributed by atoms with van der Waals surface area (Å²) in [4.78, 5) is 20.3. The van der Waals surface area contributed by atoms with Crippen molar-refractivity contribution in [1.82, 2.24) is 9.97 Å². The van der Waals surface area contributed by atoms with Gasteiger partial charge in [-0.15, -0.1) is 0 Å². The van der Waals surface area contributed by atoms with Crippen LogP contribution in [0, 0.1) is 0 Å². The number of hydrogen-bond donors (Lipinski definition) is 2. The molecule has 0 atom stereocenters. The number of halogens is 1. The molecule has 0 spiro atoms. The Balaban J connectivity index is 1.65. The third-order valence-electron chi connectivity index (χ3n) is 3.87. The maximum atomic E-state index is 11.9. The molecular formula is C20H19ClN4O2. The molecule has 0 saturated carbocycles.